The topological polar surface area (TPSA) is 364 Å². The van der Waals surface area contributed by atoms with Crippen LogP contribution in [0.25, 0.3) is 28.4 Å². The summed E-state index contributed by atoms with van der Waals surface area (Å²) in [7, 11) is 1.34. The summed E-state index contributed by atoms with van der Waals surface area (Å²) in [5, 5.41) is 126. The fraction of sp³-hybridized carbons (Fsp3) is 0.429. The molecule has 23 nitrogen and oxygen atoms in total. The highest BCUT2D eigenvalue weighted by Gasteiger charge is 2.50. The number of aliphatic hydroxyl groups excluding tert-OH is 8. The Kier molecular flexibility index (Phi) is 14.0. The van der Waals surface area contributed by atoms with E-state index >= 15 is 0 Å². The van der Waals surface area contributed by atoms with Crippen LogP contribution < -0.4 is 19.6 Å². The minimum absolute atomic E-state index is 0.121. The zero-order valence-corrected chi connectivity index (χ0v) is 34.1. The van der Waals surface area contributed by atoms with Crippen molar-refractivity contribution in [2.75, 3.05) is 20.3 Å². The van der Waals surface area contributed by atoms with Gasteiger partial charge in [0.25, 0.3) is 0 Å². The molecule has 65 heavy (non-hydrogen) atoms. The average Bonchev–Trinajstić information content (AvgIpc) is 3.27. The molecule has 352 valence electrons. The molecule has 3 aromatic carbocycles. The molecule has 7 rings (SSSR count). The predicted molar refractivity (Wildman–Crippen MR) is 214 cm³/mol. The smallest absolute Gasteiger partial charge is 0.330 e. The van der Waals surface area contributed by atoms with Crippen LogP contribution in [0, 0.1) is 0 Å². The molecule has 0 radical (unpaired) electrons. The molecule has 23 heteroatoms. The normalized spacial score (nSPS) is 31.7. The first-order valence-electron chi connectivity index (χ1n) is 19.8. The van der Waals surface area contributed by atoms with Gasteiger partial charge in [-0.15, -0.1) is 0 Å². The molecule has 1 aromatic heterocycles. The van der Waals surface area contributed by atoms with Crippen LogP contribution in [0.4, 0.5) is 0 Å². The molecule has 0 aliphatic carbocycles. The van der Waals surface area contributed by atoms with E-state index in [4.69, 9.17) is 42.3 Å². The van der Waals surface area contributed by atoms with Crippen LogP contribution in [-0.4, -0.2) is 174 Å². The third kappa shape index (κ3) is 9.77. The van der Waals surface area contributed by atoms with Crippen molar-refractivity contribution in [3.05, 3.63) is 70.4 Å². The largest absolute Gasteiger partial charge is 0.507 e. The standard InChI is InChI=1S/C42H46O23/c1-15-29(49)33(53)35(55)40(60-15)61-18-11-22(46)28-25(12-18)62-37(17-5-7-19(43)21(45)10-17)38(32(28)52)64-42-39(30(50)23(47)13-59-42)65-41-36(56)34(54)31(51)26(63-41)14-58-27(48)8-4-16-3-6-20(44)24(9-16)57-2/h3-12,15,23,26,29-31,33-36,39-47,49-51,53-56H,13-14H2,1-2H3. The summed E-state index contributed by atoms with van der Waals surface area (Å²) in [6.45, 7) is 0.0622. The molecule has 14 atom stereocenters. The molecule has 0 saturated carbocycles. The van der Waals surface area contributed by atoms with Crippen LogP contribution in [0.5, 0.6) is 40.2 Å². The number of esters is 1. The van der Waals surface area contributed by atoms with E-state index in [9.17, 15) is 70.9 Å². The van der Waals surface area contributed by atoms with Crippen LogP contribution in [-0.2, 0) is 28.5 Å². The number of aromatic hydroxyl groups is 4. The Bertz CT molecular complexity index is 2440. The number of hydrogen-bond acceptors (Lipinski definition) is 23. The van der Waals surface area contributed by atoms with Gasteiger partial charge in [0, 0.05) is 23.8 Å². The van der Waals surface area contributed by atoms with Gasteiger partial charge >= 0.3 is 5.97 Å². The van der Waals surface area contributed by atoms with Gasteiger partial charge in [0.15, 0.2) is 41.2 Å². The summed E-state index contributed by atoms with van der Waals surface area (Å²) in [5.41, 5.74) is -1.18. The lowest BCUT2D eigenvalue weighted by Gasteiger charge is -2.44. The van der Waals surface area contributed by atoms with Crippen LogP contribution in [0.2, 0.25) is 0 Å². The van der Waals surface area contributed by atoms with E-state index < -0.39 is 145 Å². The van der Waals surface area contributed by atoms with Gasteiger partial charge in [-0.05, 0) is 48.9 Å². The Morgan fingerprint density at radius 2 is 1.45 bits per heavy atom. The molecule has 0 bridgehead atoms. The number of ether oxygens (including phenoxy) is 8. The number of rotatable bonds is 12. The Hall–Kier alpha value is -5.80. The van der Waals surface area contributed by atoms with E-state index in [2.05, 4.69) is 0 Å². The van der Waals surface area contributed by atoms with Gasteiger partial charge in [-0.3, -0.25) is 4.79 Å². The van der Waals surface area contributed by atoms with Crippen LogP contribution in [0.15, 0.2) is 63.8 Å². The van der Waals surface area contributed by atoms with Crippen molar-refractivity contribution in [2.24, 2.45) is 0 Å². The molecule has 0 spiro atoms. The van der Waals surface area contributed by atoms with Crippen molar-refractivity contribution in [2.45, 2.75) is 92.9 Å². The van der Waals surface area contributed by atoms with Crippen molar-refractivity contribution in [1.82, 2.24) is 0 Å². The molecule has 3 saturated heterocycles. The van der Waals surface area contributed by atoms with Gasteiger partial charge in [-0.2, -0.15) is 0 Å². The summed E-state index contributed by atoms with van der Waals surface area (Å²) in [5.74, 6) is -4.49. The second kappa shape index (κ2) is 19.4. The fourth-order valence-corrected chi connectivity index (χ4v) is 7.16. The number of carbonyl (C=O) groups is 1. The van der Waals surface area contributed by atoms with E-state index in [0.29, 0.717) is 5.56 Å². The summed E-state index contributed by atoms with van der Waals surface area (Å²) in [6.07, 6.45) is -22.0. The Balaban J connectivity index is 1.16. The number of benzene rings is 3. The molecule has 12 N–H and O–H groups in total. The fourth-order valence-electron chi connectivity index (χ4n) is 7.16. The average molecular weight is 919 g/mol. The lowest BCUT2D eigenvalue weighted by atomic mass is 9.98. The number of carbonyl (C=O) groups excluding carboxylic acids is 1. The molecule has 4 aromatic rings. The molecule has 3 fully saturated rings. The van der Waals surface area contributed by atoms with Crippen LogP contribution in [0.3, 0.4) is 0 Å². The highest BCUT2D eigenvalue weighted by molar-refractivity contribution is 5.89. The van der Waals surface area contributed by atoms with Crippen molar-refractivity contribution >= 4 is 23.0 Å². The molecule has 14 unspecified atom stereocenters. The third-order valence-electron chi connectivity index (χ3n) is 10.8. The summed E-state index contributed by atoms with van der Waals surface area (Å²) in [4.78, 5) is 26.9. The highest BCUT2D eigenvalue weighted by Crippen LogP contribution is 2.40. The number of aliphatic hydroxyl groups is 8. The monoisotopic (exact) mass is 918 g/mol. The van der Waals surface area contributed by atoms with Crippen molar-refractivity contribution in [1.29, 1.82) is 0 Å². The second-order valence-corrected chi connectivity index (χ2v) is 15.3. The highest BCUT2D eigenvalue weighted by atomic mass is 16.8. The van der Waals surface area contributed by atoms with E-state index in [1.165, 1.54) is 44.4 Å². The number of phenols is 4. The van der Waals surface area contributed by atoms with Crippen LogP contribution in [0.1, 0.15) is 12.5 Å². The maximum absolute atomic E-state index is 14.3. The number of phenolic OH excluding ortho intramolecular Hbond substituents is 4. The SMILES string of the molecule is COc1cc(C=CC(=O)OCC2OC(OC3C(Oc4c(-c5ccc(O)c(O)c5)oc5cc(OC6OC(C)C(O)C(O)C6O)cc(O)c5c4=O)OCC(O)C3O)C(O)C(O)C2O)ccc1O. The number of fused-ring (bicyclic) bond motifs is 1. The molecular weight excluding hydrogens is 872 g/mol. The molecule has 0 amide bonds. The molecule has 4 heterocycles. The Morgan fingerprint density at radius 3 is 2.17 bits per heavy atom. The molecule has 3 aliphatic heterocycles. The van der Waals surface area contributed by atoms with Gasteiger partial charge in [-0.25, -0.2) is 4.79 Å². The zero-order valence-electron chi connectivity index (χ0n) is 34.1. The first-order chi connectivity index (χ1) is 30.9. The quantitative estimate of drug-likeness (QED) is 0.0433. The predicted octanol–water partition coefficient (Wildman–Crippen LogP) is -1.60. The Morgan fingerprint density at radius 1 is 0.738 bits per heavy atom. The first-order valence-corrected chi connectivity index (χ1v) is 19.8. The number of methoxy groups -OCH3 is 1. The maximum Gasteiger partial charge on any atom is 0.330 e. The van der Waals surface area contributed by atoms with Gasteiger partial charge < -0.3 is 104 Å². The minimum atomic E-state index is -2.06. The zero-order chi connectivity index (χ0) is 47.0. The number of hydrogen-bond donors (Lipinski definition) is 12. The van der Waals surface area contributed by atoms with E-state index in [-0.39, 0.29) is 28.4 Å². The third-order valence-corrected chi connectivity index (χ3v) is 10.8. The van der Waals surface area contributed by atoms with E-state index in [0.717, 1.165) is 30.3 Å². The van der Waals surface area contributed by atoms with E-state index in [1.54, 1.807) is 0 Å². The second-order valence-electron chi connectivity index (χ2n) is 15.3. The lowest BCUT2D eigenvalue weighted by Crippen LogP contribution is -2.63. The Labute approximate surface area is 366 Å². The maximum atomic E-state index is 14.3. The summed E-state index contributed by atoms with van der Waals surface area (Å²) < 4.78 is 50.5. The molecular formula is C42H46O23. The van der Waals surface area contributed by atoms with Gasteiger partial charge in [0.2, 0.25) is 23.8 Å². The first kappa shape index (κ1) is 47.2. The van der Waals surface area contributed by atoms with Crippen LogP contribution >= 0.6 is 0 Å². The summed E-state index contributed by atoms with van der Waals surface area (Å²) in [6, 6.07) is 9.52. The van der Waals surface area contributed by atoms with Crippen molar-refractivity contribution in [3.8, 4) is 51.6 Å². The van der Waals surface area contributed by atoms with Gasteiger partial charge in [0.1, 0.15) is 84.0 Å². The summed E-state index contributed by atoms with van der Waals surface area (Å²) >= 11 is 0. The van der Waals surface area contributed by atoms with Gasteiger partial charge in [-0.1, -0.05) is 6.07 Å². The minimum Gasteiger partial charge on any atom is -0.507 e. The van der Waals surface area contributed by atoms with Crippen molar-refractivity contribution in [3.63, 3.8) is 0 Å². The molecule has 3 aliphatic rings. The van der Waals surface area contributed by atoms with E-state index in [1.807, 2.05) is 0 Å². The van der Waals surface area contributed by atoms with Crippen molar-refractivity contribution < 1.29 is 108 Å². The lowest BCUT2D eigenvalue weighted by molar-refractivity contribution is -0.348. The van der Waals surface area contributed by atoms with Gasteiger partial charge in [0.05, 0.1) is 19.8 Å².